The van der Waals surface area contributed by atoms with E-state index in [0.717, 1.165) is 6.92 Å². The molecule has 5 nitrogen and oxygen atoms in total. The van der Waals surface area contributed by atoms with Gasteiger partial charge in [-0.3, -0.25) is 9.00 Å². The minimum atomic E-state index is -4.50. The van der Waals surface area contributed by atoms with Crippen LogP contribution < -0.4 is 10.1 Å². The average molecular weight is 449 g/mol. The third-order valence-electron chi connectivity index (χ3n) is 5.28. The van der Waals surface area contributed by atoms with Crippen LogP contribution in [-0.2, 0) is 15.6 Å². The maximum atomic E-state index is 12.9. The van der Waals surface area contributed by atoms with E-state index in [1.54, 1.807) is 0 Å². The zero-order valence-corrected chi connectivity index (χ0v) is 17.2. The van der Waals surface area contributed by atoms with Gasteiger partial charge < -0.3 is 10.1 Å². The molecule has 10 heteroatoms. The normalized spacial score (nSPS) is 25.0. The predicted octanol–water partition coefficient (Wildman–Crippen LogP) is 4.12. The molecule has 2 fully saturated rings. The Kier molecular flexibility index (Phi) is 6.16. The largest absolute Gasteiger partial charge is 0.481 e. The van der Waals surface area contributed by atoms with Crippen molar-refractivity contribution in [2.45, 2.75) is 67.0 Å². The Morgan fingerprint density at radius 1 is 1.41 bits per heavy atom. The van der Waals surface area contributed by atoms with Crippen LogP contribution in [0.5, 0.6) is 5.75 Å². The molecule has 2 saturated carbocycles. The van der Waals surface area contributed by atoms with Gasteiger partial charge in [0.1, 0.15) is 11.3 Å². The van der Waals surface area contributed by atoms with Crippen molar-refractivity contribution in [2.24, 2.45) is 5.92 Å². The highest BCUT2D eigenvalue weighted by atomic mass is 35.5. The molecule has 1 aromatic carbocycles. The number of hydrogen-bond acceptors (Lipinski definition) is 4. The molecule has 0 bridgehead atoms. The third-order valence-corrected chi connectivity index (χ3v) is 7.53. The topological polar surface area (TPSA) is 79.2 Å². The van der Waals surface area contributed by atoms with Gasteiger partial charge in [0, 0.05) is 11.2 Å². The maximum Gasteiger partial charge on any atom is 0.425 e. The van der Waals surface area contributed by atoms with E-state index >= 15 is 0 Å². The zero-order chi connectivity index (χ0) is 21.4. The highest BCUT2D eigenvalue weighted by Crippen LogP contribution is 2.38. The van der Waals surface area contributed by atoms with Gasteiger partial charge in [-0.05, 0) is 57.2 Å². The summed E-state index contributed by atoms with van der Waals surface area (Å²) in [5, 5.41) is 11.6. The number of carbonyl (C=O) groups is 1. The van der Waals surface area contributed by atoms with Crippen LogP contribution in [0.15, 0.2) is 23.1 Å². The Hall–Kier alpha value is -1.79. The standard InChI is InChI=1S/C19H20ClF3N2O3S/c1-11(19(21,22)23)28-13-3-5-16(15(20)9-13)29(27)14-4-2-12(8-14)17(26)25-18(10-24)6-7-18/h3,5,9,11-12,14H,2,4,6-8H2,1H3,(H,25,26)/t11-,12+,14?,29?/m0/s1. The summed E-state index contributed by atoms with van der Waals surface area (Å²) in [5.41, 5.74) is -0.735. The molecule has 4 atom stereocenters. The van der Waals surface area contributed by atoms with Crippen molar-refractivity contribution in [3.05, 3.63) is 23.2 Å². The van der Waals surface area contributed by atoms with Crippen LogP contribution >= 0.6 is 11.6 Å². The van der Waals surface area contributed by atoms with Crippen molar-refractivity contribution >= 4 is 28.3 Å². The highest BCUT2D eigenvalue weighted by molar-refractivity contribution is 7.85. The van der Waals surface area contributed by atoms with Crippen LogP contribution in [0.1, 0.15) is 39.0 Å². The molecule has 2 aliphatic rings. The summed E-state index contributed by atoms with van der Waals surface area (Å²) >= 11 is 6.14. The van der Waals surface area contributed by atoms with Crippen molar-refractivity contribution in [3.63, 3.8) is 0 Å². The predicted molar refractivity (Wildman–Crippen MR) is 101 cm³/mol. The lowest BCUT2D eigenvalue weighted by Gasteiger charge is -2.18. The molecule has 1 amide bonds. The smallest absolute Gasteiger partial charge is 0.425 e. The van der Waals surface area contributed by atoms with Gasteiger partial charge in [-0.1, -0.05) is 11.6 Å². The van der Waals surface area contributed by atoms with Crippen LogP contribution in [0.25, 0.3) is 0 Å². The third kappa shape index (κ3) is 5.04. The minimum Gasteiger partial charge on any atom is -0.481 e. The summed E-state index contributed by atoms with van der Waals surface area (Å²) in [6, 6.07) is 6.04. The number of nitrogens with one attached hydrogen (secondary N) is 1. The average Bonchev–Trinajstić information content (AvgIpc) is 3.24. The molecular weight excluding hydrogens is 429 g/mol. The van der Waals surface area contributed by atoms with Crippen LogP contribution in [0.2, 0.25) is 5.02 Å². The highest BCUT2D eigenvalue weighted by Gasteiger charge is 2.46. The number of hydrogen-bond donors (Lipinski definition) is 1. The summed E-state index contributed by atoms with van der Waals surface area (Å²) in [5.74, 6) is -0.571. The van der Waals surface area contributed by atoms with Gasteiger partial charge in [-0.25, -0.2) is 0 Å². The number of amides is 1. The SMILES string of the molecule is C[C@H](Oc1ccc(S(=O)C2CC[C@@H](C(=O)NC3(C#N)CC3)C2)c(Cl)c1)C(F)(F)F. The Bertz CT molecular complexity index is 867. The number of nitriles is 1. The van der Waals surface area contributed by atoms with Gasteiger partial charge in [0.05, 0.1) is 26.8 Å². The molecule has 0 saturated heterocycles. The summed E-state index contributed by atoms with van der Waals surface area (Å²) in [6.45, 7) is 0.891. The number of alkyl halides is 3. The van der Waals surface area contributed by atoms with E-state index in [0.29, 0.717) is 37.0 Å². The van der Waals surface area contributed by atoms with E-state index < -0.39 is 28.6 Å². The lowest BCUT2D eigenvalue weighted by atomic mass is 10.1. The molecule has 0 aliphatic heterocycles. The van der Waals surface area contributed by atoms with E-state index in [2.05, 4.69) is 11.4 Å². The number of nitrogens with zero attached hydrogens (tertiary/aromatic N) is 1. The first-order chi connectivity index (χ1) is 13.5. The Balaban J connectivity index is 1.62. The number of rotatable bonds is 6. The summed E-state index contributed by atoms with van der Waals surface area (Å²) in [6.07, 6.45) is -3.68. The molecule has 0 spiro atoms. The minimum absolute atomic E-state index is 0.0597. The molecule has 1 N–H and O–H groups in total. The van der Waals surface area contributed by atoms with E-state index in [4.69, 9.17) is 21.6 Å². The van der Waals surface area contributed by atoms with Gasteiger partial charge in [0.15, 0.2) is 6.10 Å². The Labute approximate surface area is 174 Å². The monoisotopic (exact) mass is 448 g/mol. The van der Waals surface area contributed by atoms with Crippen molar-refractivity contribution in [1.29, 1.82) is 5.26 Å². The quantitative estimate of drug-likeness (QED) is 0.710. The molecule has 2 unspecified atom stereocenters. The number of carbonyl (C=O) groups excluding carboxylic acids is 1. The lowest BCUT2D eigenvalue weighted by Crippen LogP contribution is -2.39. The first kappa shape index (κ1) is 21.9. The zero-order valence-electron chi connectivity index (χ0n) is 15.6. The molecule has 0 aromatic heterocycles. The van der Waals surface area contributed by atoms with Crippen LogP contribution in [0.3, 0.4) is 0 Å². The second-order valence-corrected chi connectivity index (χ2v) is 9.61. The molecule has 3 rings (SSSR count). The fourth-order valence-corrected chi connectivity index (χ4v) is 5.24. The number of ether oxygens (including phenoxy) is 1. The van der Waals surface area contributed by atoms with E-state index in [1.165, 1.54) is 18.2 Å². The Morgan fingerprint density at radius 2 is 2.10 bits per heavy atom. The molecule has 0 heterocycles. The van der Waals surface area contributed by atoms with Gasteiger partial charge >= 0.3 is 6.18 Å². The van der Waals surface area contributed by atoms with Crippen molar-refractivity contribution in [1.82, 2.24) is 5.32 Å². The lowest BCUT2D eigenvalue weighted by molar-refractivity contribution is -0.189. The van der Waals surface area contributed by atoms with Crippen LogP contribution in [0.4, 0.5) is 13.2 Å². The number of halogens is 4. The second-order valence-electron chi connectivity index (χ2n) is 7.51. The summed E-state index contributed by atoms with van der Waals surface area (Å²) in [4.78, 5) is 12.7. The first-order valence-electron chi connectivity index (χ1n) is 9.21. The maximum absolute atomic E-state index is 12.9. The van der Waals surface area contributed by atoms with Crippen molar-refractivity contribution in [2.75, 3.05) is 0 Å². The van der Waals surface area contributed by atoms with E-state index in [1.807, 2.05) is 0 Å². The fourth-order valence-electron chi connectivity index (χ4n) is 3.27. The molecule has 0 radical (unpaired) electrons. The Morgan fingerprint density at radius 3 is 2.66 bits per heavy atom. The second kappa shape index (κ2) is 8.15. The van der Waals surface area contributed by atoms with Gasteiger partial charge in [0.2, 0.25) is 5.91 Å². The summed E-state index contributed by atoms with van der Waals surface area (Å²) in [7, 11) is -1.51. The van der Waals surface area contributed by atoms with Gasteiger partial charge in [-0.15, -0.1) is 0 Å². The van der Waals surface area contributed by atoms with Gasteiger partial charge in [-0.2, -0.15) is 18.4 Å². The van der Waals surface area contributed by atoms with Crippen LogP contribution in [0, 0.1) is 17.2 Å². The number of benzene rings is 1. The molecule has 29 heavy (non-hydrogen) atoms. The van der Waals surface area contributed by atoms with Crippen molar-refractivity contribution in [3.8, 4) is 11.8 Å². The van der Waals surface area contributed by atoms with Crippen LogP contribution in [-0.4, -0.2) is 33.2 Å². The fraction of sp³-hybridized carbons (Fsp3) is 0.579. The first-order valence-corrected chi connectivity index (χ1v) is 10.8. The molecule has 1 aromatic rings. The molecule has 2 aliphatic carbocycles. The molecule has 158 valence electrons. The van der Waals surface area contributed by atoms with Crippen molar-refractivity contribution < 1.29 is 26.9 Å². The summed E-state index contributed by atoms with van der Waals surface area (Å²) < 4.78 is 55.6. The van der Waals surface area contributed by atoms with E-state index in [-0.39, 0.29) is 27.8 Å². The van der Waals surface area contributed by atoms with Gasteiger partial charge in [0.25, 0.3) is 0 Å². The van der Waals surface area contributed by atoms with E-state index in [9.17, 15) is 22.2 Å². The molecular formula is C19H20ClF3N2O3S.